The number of benzene rings is 1. The second-order valence-electron chi connectivity index (χ2n) is 4.30. The zero-order valence-electron chi connectivity index (χ0n) is 10.3. The number of anilines is 1. The maximum Gasteiger partial charge on any atom is 0.135 e. The number of nitrogens with two attached hydrogens (primary N) is 1. The summed E-state index contributed by atoms with van der Waals surface area (Å²) in [7, 11) is 0. The van der Waals surface area contributed by atoms with Crippen LogP contribution in [0.3, 0.4) is 0 Å². The molecule has 0 aliphatic heterocycles. The first-order valence-corrected chi connectivity index (χ1v) is 6.62. The molecule has 0 atom stereocenters. The molecule has 90 valence electrons. The fraction of sp³-hybridized carbons (Fsp3) is 0.308. The predicted octanol–water partition coefficient (Wildman–Crippen LogP) is 3.04. The van der Waals surface area contributed by atoms with Gasteiger partial charge in [-0.2, -0.15) is 5.10 Å². The van der Waals surface area contributed by atoms with Crippen molar-refractivity contribution in [1.82, 2.24) is 9.78 Å². The van der Waals surface area contributed by atoms with Crippen LogP contribution in [0, 0.1) is 24.3 Å². The number of hydrogen-bond acceptors (Lipinski definition) is 2. The number of halogens is 1. The van der Waals surface area contributed by atoms with E-state index in [9.17, 15) is 0 Å². The minimum Gasteiger partial charge on any atom is -0.383 e. The number of nitrogens with zero attached hydrogens (tertiary/aromatic N) is 2. The summed E-state index contributed by atoms with van der Waals surface area (Å²) in [6, 6.07) is 6.33. The van der Waals surface area contributed by atoms with E-state index in [1.165, 1.54) is 16.7 Å². The van der Waals surface area contributed by atoms with Crippen LogP contribution >= 0.6 is 22.6 Å². The molecule has 0 saturated carbocycles. The number of rotatable bonds is 2. The molecule has 0 bridgehead atoms. The van der Waals surface area contributed by atoms with E-state index in [1.54, 1.807) is 0 Å². The zero-order valence-corrected chi connectivity index (χ0v) is 12.4. The SMILES string of the molecule is Cc1cccc(Cn2nc(C)c(I)c2N)c1C. The number of aromatic nitrogens is 2. The lowest BCUT2D eigenvalue weighted by Crippen LogP contribution is -2.07. The van der Waals surface area contributed by atoms with E-state index in [2.05, 4.69) is 59.7 Å². The van der Waals surface area contributed by atoms with E-state index >= 15 is 0 Å². The van der Waals surface area contributed by atoms with Crippen LogP contribution in [0.25, 0.3) is 0 Å². The lowest BCUT2D eigenvalue weighted by molar-refractivity contribution is 0.686. The average Bonchev–Trinajstić information content (AvgIpc) is 2.53. The van der Waals surface area contributed by atoms with E-state index in [-0.39, 0.29) is 0 Å². The summed E-state index contributed by atoms with van der Waals surface area (Å²) in [6.07, 6.45) is 0. The van der Waals surface area contributed by atoms with Crippen molar-refractivity contribution < 1.29 is 0 Å². The molecule has 2 N–H and O–H groups in total. The Labute approximate surface area is 115 Å². The molecule has 0 aliphatic carbocycles. The molecule has 1 heterocycles. The molecule has 4 heteroatoms. The number of hydrogen-bond donors (Lipinski definition) is 1. The minimum absolute atomic E-state index is 0.739. The van der Waals surface area contributed by atoms with Gasteiger partial charge in [0.1, 0.15) is 5.82 Å². The fourth-order valence-electron chi connectivity index (χ4n) is 1.84. The molecule has 2 aromatic rings. The van der Waals surface area contributed by atoms with Crippen LogP contribution < -0.4 is 5.73 Å². The van der Waals surface area contributed by atoms with E-state index in [0.29, 0.717) is 0 Å². The molecular formula is C13H16IN3. The fourth-order valence-corrected chi connectivity index (χ4v) is 2.23. The highest BCUT2D eigenvalue weighted by Gasteiger charge is 2.10. The Morgan fingerprint density at radius 2 is 2.00 bits per heavy atom. The van der Waals surface area contributed by atoms with Gasteiger partial charge in [0, 0.05) is 0 Å². The summed E-state index contributed by atoms with van der Waals surface area (Å²) in [5, 5.41) is 4.46. The van der Waals surface area contributed by atoms with Crippen molar-refractivity contribution in [1.29, 1.82) is 0 Å². The second kappa shape index (κ2) is 4.68. The van der Waals surface area contributed by atoms with E-state index in [4.69, 9.17) is 5.73 Å². The predicted molar refractivity (Wildman–Crippen MR) is 79.1 cm³/mol. The van der Waals surface area contributed by atoms with E-state index < -0.39 is 0 Å². The van der Waals surface area contributed by atoms with Gasteiger partial charge in [0.05, 0.1) is 15.8 Å². The molecule has 1 aromatic heterocycles. The van der Waals surface area contributed by atoms with Crippen molar-refractivity contribution >= 4 is 28.4 Å². The minimum atomic E-state index is 0.739. The largest absolute Gasteiger partial charge is 0.383 e. The van der Waals surface area contributed by atoms with Gasteiger partial charge < -0.3 is 5.73 Å². The topological polar surface area (TPSA) is 43.8 Å². The first-order valence-electron chi connectivity index (χ1n) is 5.54. The van der Waals surface area contributed by atoms with Gasteiger partial charge in [0.25, 0.3) is 0 Å². The lowest BCUT2D eigenvalue weighted by atomic mass is 10.0. The van der Waals surface area contributed by atoms with Crippen LogP contribution in [-0.2, 0) is 6.54 Å². The third-order valence-electron chi connectivity index (χ3n) is 3.13. The van der Waals surface area contributed by atoms with E-state index in [1.807, 2.05) is 11.6 Å². The third-order valence-corrected chi connectivity index (χ3v) is 4.46. The Morgan fingerprint density at radius 3 is 2.59 bits per heavy atom. The lowest BCUT2D eigenvalue weighted by Gasteiger charge is -2.09. The van der Waals surface area contributed by atoms with Gasteiger partial charge in [0.15, 0.2) is 0 Å². The van der Waals surface area contributed by atoms with Crippen molar-refractivity contribution in [2.45, 2.75) is 27.3 Å². The van der Waals surface area contributed by atoms with Crippen molar-refractivity contribution in [3.05, 3.63) is 44.2 Å². The standard InChI is InChI=1S/C13H16IN3/c1-8-5-4-6-11(9(8)2)7-17-13(15)12(14)10(3)16-17/h4-6H,7,15H2,1-3H3. The molecular weight excluding hydrogens is 325 g/mol. The van der Waals surface area contributed by atoms with E-state index in [0.717, 1.165) is 21.6 Å². The number of aryl methyl sites for hydroxylation is 2. The summed E-state index contributed by atoms with van der Waals surface area (Å²) in [4.78, 5) is 0. The maximum absolute atomic E-state index is 6.03. The molecule has 0 radical (unpaired) electrons. The smallest absolute Gasteiger partial charge is 0.135 e. The summed E-state index contributed by atoms with van der Waals surface area (Å²) >= 11 is 2.24. The Kier molecular flexibility index (Phi) is 3.42. The van der Waals surface area contributed by atoms with Gasteiger partial charge in [-0.15, -0.1) is 0 Å². The van der Waals surface area contributed by atoms with Crippen molar-refractivity contribution in [3.8, 4) is 0 Å². The summed E-state index contributed by atoms with van der Waals surface area (Å²) < 4.78 is 2.92. The Balaban J connectivity index is 2.38. The van der Waals surface area contributed by atoms with Crippen LogP contribution in [0.15, 0.2) is 18.2 Å². The van der Waals surface area contributed by atoms with Crippen LogP contribution in [-0.4, -0.2) is 9.78 Å². The number of nitrogen functional groups attached to an aromatic ring is 1. The van der Waals surface area contributed by atoms with Gasteiger partial charge in [-0.3, -0.25) is 0 Å². The van der Waals surface area contributed by atoms with Gasteiger partial charge in [-0.1, -0.05) is 18.2 Å². The normalized spacial score (nSPS) is 10.8. The highest BCUT2D eigenvalue weighted by molar-refractivity contribution is 14.1. The van der Waals surface area contributed by atoms with Crippen LogP contribution in [0.5, 0.6) is 0 Å². The summed E-state index contributed by atoms with van der Waals surface area (Å²) in [5.74, 6) is 0.754. The Morgan fingerprint density at radius 1 is 1.29 bits per heavy atom. The maximum atomic E-state index is 6.03. The Bertz CT molecular complexity index is 558. The monoisotopic (exact) mass is 341 g/mol. The first-order chi connectivity index (χ1) is 8.00. The molecule has 0 spiro atoms. The molecule has 0 unspecified atom stereocenters. The third kappa shape index (κ3) is 2.31. The Hall–Kier alpha value is -1.04. The van der Waals surface area contributed by atoms with Crippen molar-refractivity contribution in [2.24, 2.45) is 0 Å². The highest BCUT2D eigenvalue weighted by Crippen LogP contribution is 2.21. The molecule has 2 rings (SSSR count). The molecule has 0 amide bonds. The highest BCUT2D eigenvalue weighted by atomic mass is 127. The van der Waals surface area contributed by atoms with Crippen LogP contribution in [0.2, 0.25) is 0 Å². The molecule has 17 heavy (non-hydrogen) atoms. The molecule has 0 aliphatic rings. The molecule has 1 aromatic carbocycles. The second-order valence-corrected chi connectivity index (χ2v) is 5.38. The van der Waals surface area contributed by atoms with Crippen molar-refractivity contribution in [2.75, 3.05) is 5.73 Å². The molecule has 0 saturated heterocycles. The molecule has 0 fully saturated rings. The average molecular weight is 341 g/mol. The van der Waals surface area contributed by atoms with Gasteiger partial charge in [0.2, 0.25) is 0 Å². The first kappa shape index (κ1) is 12.4. The van der Waals surface area contributed by atoms with Gasteiger partial charge in [-0.25, -0.2) is 4.68 Å². The summed E-state index contributed by atoms with van der Waals surface area (Å²) in [6.45, 7) is 6.99. The van der Waals surface area contributed by atoms with Gasteiger partial charge in [-0.05, 0) is 60.1 Å². The summed E-state index contributed by atoms with van der Waals surface area (Å²) in [5.41, 5.74) is 10.9. The van der Waals surface area contributed by atoms with Crippen LogP contribution in [0.1, 0.15) is 22.4 Å². The zero-order chi connectivity index (χ0) is 12.6. The van der Waals surface area contributed by atoms with Crippen molar-refractivity contribution in [3.63, 3.8) is 0 Å². The van der Waals surface area contributed by atoms with Gasteiger partial charge >= 0.3 is 0 Å². The molecule has 3 nitrogen and oxygen atoms in total. The van der Waals surface area contributed by atoms with Crippen LogP contribution in [0.4, 0.5) is 5.82 Å². The quantitative estimate of drug-likeness (QED) is 0.854.